The van der Waals surface area contributed by atoms with E-state index in [0.29, 0.717) is 23.1 Å². The third-order valence-corrected chi connectivity index (χ3v) is 4.48. The first-order chi connectivity index (χ1) is 11.7. The van der Waals surface area contributed by atoms with E-state index in [1.165, 1.54) is 19.3 Å². The molecule has 0 unspecified atom stereocenters. The Balaban J connectivity index is 1.65. The van der Waals surface area contributed by atoms with Crippen molar-refractivity contribution in [3.05, 3.63) is 58.9 Å². The minimum atomic E-state index is -0.0632. The Morgan fingerprint density at radius 3 is 2.71 bits per heavy atom. The van der Waals surface area contributed by atoms with Gasteiger partial charge in [0, 0.05) is 17.8 Å². The molecule has 4 nitrogen and oxygen atoms in total. The van der Waals surface area contributed by atoms with Crippen molar-refractivity contribution in [1.29, 1.82) is 0 Å². The molecule has 1 amide bonds. The molecule has 0 aliphatic heterocycles. The molecule has 1 N–H and O–H groups in total. The maximum atomic E-state index is 12.6. The lowest BCUT2D eigenvalue weighted by Crippen LogP contribution is -2.36. The largest absolute Gasteiger partial charge is 0.488 e. The van der Waals surface area contributed by atoms with Crippen LogP contribution in [0.2, 0.25) is 5.15 Å². The molecule has 5 heteroatoms. The molecule has 1 heterocycles. The first kappa shape index (κ1) is 16.8. The Labute approximate surface area is 147 Å². The average Bonchev–Trinajstić information content (AvgIpc) is 2.62. The number of aromatic nitrogens is 1. The fourth-order valence-electron chi connectivity index (χ4n) is 2.94. The lowest BCUT2D eigenvalue weighted by Gasteiger charge is -2.23. The van der Waals surface area contributed by atoms with Gasteiger partial charge < -0.3 is 10.1 Å². The second-order valence-electron chi connectivity index (χ2n) is 6.08. The summed E-state index contributed by atoms with van der Waals surface area (Å²) in [6.45, 7) is 0.345. The predicted octanol–water partition coefficient (Wildman–Crippen LogP) is 4.38. The molecule has 1 saturated carbocycles. The Morgan fingerprint density at radius 1 is 1.17 bits per heavy atom. The molecule has 1 aromatic heterocycles. The van der Waals surface area contributed by atoms with Crippen LogP contribution in [0.1, 0.15) is 48.0 Å². The fraction of sp³-hybridized carbons (Fsp3) is 0.368. The SMILES string of the molecule is O=C(NC1CCCCC1)c1ccccc1OCc1ccc(Cl)nc1. The van der Waals surface area contributed by atoms with Gasteiger partial charge in [-0.25, -0.2) is 4.98 Å². The molecule has 3 rings (SSSR count). The predicted molar refractivity (Wildman–Crippen MR) is 94.4 cm³/mol. The minimum Gasteiger partial charge on any atom is -0.488 e. The van der Waals surface area contributed by atoms with Crippen molar-refractivity contribution in [3.8, 4) is 5.75 Å². The number of hydrogen-bond acceptors (Lipinski definition) is 3. The van der Waals surface area contributed by atoms with Crippen LogP contribution in [0, 0.1) is 0 Å². The van der Waals surface area contributed by atoms with Gasteiger partial charge in [-0.1, -0.05) is 49.1 Å². The number of nitrogens with zero attached hydrogens (tertiary/aromatic N) is 1. The summed E-state index contributed by atoms with van der Waals surface area (Å²) in [5.74, 6) is 0.521. The summed E-state index contributed by atoms with van der Waals surface area (Å²) >= 11 is 5.78. The molecule has 2 aromatic rings. The normalized spacial score (nSPS) is 15.0. The summed E-state index contributed by atoms with van der Waals surface area (Å²) in [6, 6.07) is 11.2. The number of carbonyl (C=O) groups is 1. The summed E-state index contributed by atoms with van der Waals surface area (Å²) in [5.41, 5.74) is 1.48. The number of carbonyl (C=O) groups excluding carboxylic acids is 1. The lowest BCUT2D eigenvalue weighted by atomic mass is 9.95. The molecule has 1 aromatic carbocycles. The van der Waals surface area contributed by atoms with E-state index in [-0.39, 0.29) is 11.9 Å². The van der Waals surface area contributed by atoms with Crippen molar-refractivity contribution in [1.82, 2.24) is 10.3 Å². The van der Waals surface area contributed by atoms with Crippen molar-refractivity contribution < 1.29 is 9.53 Å². The number of halogens is 1. The molecule has 0 bridgehead atoms. The number of benzene rings is 1. The van der Waals surface area contributed by atoms with Crippen LogP contribution in [-0.4, -0.2) is 16.9 Å². The van der Waals surface area contributed by atoms with Crippen molar-refractivity contribution in [2.75, 3.05) is 0 Å². The van der Waals surface area contributed by atoms with Crippen LogP contribution in [0.25, 0.3) is 0 Å². The van der Waals surface area contributed by atoms with Crippen LogP contribution in [0.15, 0.2) is 42.6 Å². The molecule has 0 atom stereocenters. The Morgan fingerprint density at radius 2 is 1.96 bits per heavy atom. The highest BCUT2D eigenvalue weighted by Gasteiger charge is 2.19. The smallest absolute Gasteiger partial charge is 0.255 e. The monoisotopic (exact) mass is 344 g/mol. The van der Waals surface area contributed by atoms with Crippen molar-refractivity contribution in [3.63, 3.8) is 0 Å². The average molecular weight is 345 g/mol. The maximum absolute atomic E-state index is 12.6. The fourth-order valence-corrected chi connectivity index (χ4v) is 3.05. The van der Waals surface area contributed by atoms with Gasteiger partial charge in [-0.2, -0.15) is 0 Å². The third-order valence-electron chi connectivity index (χ3n) is 4.26. The molecule has 0 radical (unpaired) electrons. The third kappa shape index (κ3) is 4.48. The summed E-state index contributed by atoms with van der Waals surface area (Å²) in [7, 11) is 0. The van der Waals surface area contributed by atoms with E-state index in [1.807, 2.05) is 24.3 Å². The molecule has 126 valence electrons. The van der Waals surface area contributed by atoms with Gasteiger partial charge >= 0.3 is 0 Å². The van der Waals surface area contributed by atoms with E-state index in [0.717, 1.165) is 18.4 Å². The summed E-state index contributed by atoms with van der Waals surface area (Å²) < 4.78 is 5.83. The second-order valence-corrected chi connectivity index (χ2v) is 6.47. The van der Waals surface area contributed by atoms with Crippen LogP contribution in [0.3, 0.4) is 0 Å². The Hall–Kier alpha value is -2.07. The molecule has 1 aliphatic carbocycles. The number of rotatable bonds is 5. The molecule has 24 heavy (non-hydrogen) atoms. The quantitative estimate of drug-likeness (QED) is 0.819. The van der Waals surface area contributed by atoms with Gasteiger partial charge in [0.1, 0.15) is 17.5 Å². The first-order valence-corrected chi connectivity index (χ1v) is 8.73. The van der Waals surface area contributed by atoms with Crippen LogP contribution in [-0.2, 0) is 6.61 Å². The van der Waals surface area contributed by atoms with Gasteiger partial charge in [0.05, 0.1) is 5.56 Å². The van der Waals surface area contributed by atoms with E-state index in [1.54, 1.807) is 18.3 Å². The first-order valence-electron chi connectivity index (χ1n) is 8.35. The van der Waals surface area contributed by atoms with Gasteiger partial charge in [-0.3, -0.25) is 4.79 Å². The highest BCUT2D eigenvalue weighted by atomic mass is 35.5. The zero-order valence-electron chi connectivity index (χ0n) is 13.5. The van der Waals surface area contributed by atoms with Crippen LogP contribution in [0.5, 0.6) is 5.75 Å². The van der Waals surface area contributed by atoms with E-state index in [4.69, 9.17) is 16.3 Å². The number of nitrogens with one attached hydrogen (secondary N) is 1. The number of para-hydroxylation sites is 1. The van der Waals surface area contributed by atoms with Gasteiger partial charge in [-0.15, -0.1) is 0 Å². The Bertz CT molecular complexity index is 682. The molecule has 0 spiro atoms. The number of pyridine rings is 1. The van der Waals surface area contributed by atoms with Crippen molar-refractivity contribution >= 4 is 17.5 Å². The van der Waals surface area contributed by atoms with Crippen LogP contribution >= 0.6 is 11.6 Å². The number of ether oxygens (including phenoxy) is 1. The van der Waals surface area contributed by atoms with Gasteiger partial charge in [0.2, 0.25) is 0 Å². The van der Waals surface area contributed by atoms with Crippen LogP contribution < -0.4 is 10.1 Å². The van der Waals surface area contributed by atoms with E-state index in [9.17, 15) is 4.79 Å². The molecular weight excluding hydrogens is 324 g/mol. The maximum Gasteiger partial charge on any atom is 0.255 e. The molecule has 1 fully saturated rings. The zero-order valence-corrected chi connectivity index (χ0v) is 14.3. The zero-order chi connectivity index (χ0) is 16.8. The van der Waals surface area contributed by atoms with Crippen molar-refractivity contribution in [2.24, 2.45) is 0 Å². The van der Waals surface area contributed by atoms with Gasteiger partial charge in [0.15, 0.2) is 0 Å². The van der Waals surface area contributed by atoms with Gasteiger partial charge in [-0.05, 0) is 31.0 Å². The highest BCUT2D eigenvalue weighted by Crippen LogP contribution is 2.22. The van der Waals surface area contributed by atoms with Crippen LogP contribution in [0.4, 0.5) is 0 Å². The van der Waals surface area contributed by atoms with Gasteiger partial charge in [0.25, 0.3) is 5.91 Å². The highest BCUT2D eigenvalue weighted by molar-refractivity contribution is 6.29. The summed E-state index contributed by atoms with van der Waals surface area (Å²) in [4.78, 5) is 16.6. The number of hydrogen-bond donors (Lipinski definition) is 1. The minimum absolute atomic E-state index is 0.0632. The molecular formula is C19H21ClN2O2. The van der Waals surface area contributed by atoms with E-state index >= 15 is 0 Å². The van der Waals surface area contributed by atoms with E-state index in [2.05, 4.69) is 10.3 Å². The lowest BCUT2D eigenvalue weighted by molar-refractivity contribution is 0.0923. The Kier molecular flexibility index (Phi) is 5.70. The summed E-state index contributed by atoms with van der Waals surface area (Å²) in [6.07, 6.45) is 7.43. The topological polar surface area (TPSA) is 51.2 Å². The molecule has 0 saturated heterocycles. The second kappa shape index (κ2) is 8.15. The molecule has 1 aliphatic rings. The van der Waals surface area contributed by atoms with Crippen molar-refractivity contribution in [2.45, 2.75) is 44.8 Å². The summed E-state index contributed by atoms with van der Waals surface area (Å²) in [5, 5.41) is 3.58. The standard InChI is InChI=1S/C19H21ClN2O2/c20-18-11-10-14(12-21-18)13-24-17-9-5-4-8-16(17)19(23)22-15-6-2-1-3-7-15/h4-5,8-12,15H,1-3,6-7,13H2,(H,22,23). The number of amides is 1. The van der Waals surface area contributed by atoms with E-state index < -0.39 is 0 Å².